The number of nitrogen functional groups attached to an aromatic ring is 1. The van der Waals surface area contributed by atoms with Crippen LogP contribution in [0.2, 0.25) is 5.02 Å². The van der Waals surface area contributed by atoms with E-state index in [-0.39, 0.29) is 29.1 Å². The van der Waals surface area contributed by atoms with Gasteiger partial charge in [-0.3, -0.25) is 4.79 Å². The standard InChI is InChI=1S/C14H17ClN2O4/c15-12-2-1-9(16)7-11(12)14(19)21-8-13(18)17-10-3-5-20-6-4-10/h1-2,7,10H,3-6,8,16H2,(H,17,18). The summed E-state index contributed by atoms with van der Waals surface area (Å²) in [7, 11) is 0. The van der Waals surface area contributed by atoms with Crippen LogP contribution in [-0.4, -0.2) is 37.7 Å². The fourth-order valence-electron chi connectivity index (χ4n) is 2.02. The fraction of sp³-hybridized carbons (Fsp3) is 0.429. The number of hydrogen-bond acceptors (Lipinski definition) is 5. The lowest BCUT2D eigenvalue weighted by Gasteiger charge is -2.22. The molecular formula is C14H17ClN2O4. The van der Waals surface area contributed by atoms with Crippen LogP contribution in [0.4, 0.5) is 5.69 Å². The summed E-state index contributed by atoms with van der Waals surface area (Å²) in [4.78, 5) is 23.6. The molecule has 0 aliphatic carbocycles. The van der Waals surface area contributed by atoms with Gasteiger partial charge in [-0.2, -0.15) is 0 Å². The molecule has 6 nitrogen and oxygen atoms in total. The van der Waals surface area contributed by atoms with E-state index >= 15 is 0 Å². The molecule has 0 spiro atoms. The highest BCUT2D eigenvalue weighted by Gasteiger charge is 2.18. The number of hydrogen-bond donors (Lipinski definition) is 2. The van der Waals surface area contributed by atoms with Crippen molar-refractivity contribution in [2.24, 2.45) is 0 Å². The zero-order chi connectivity index (χ0) is 15.2. The van der Waals surface area contributed by atoms with Crippen LogP contribution in [0.15, 0.2) is 18.2 Å². The number of esters is 1. The van der Waals surface area contributed by atoms with Gasteiger partial charge in [-0.05, 0) is 31.0 Å². The number of nitrogens with two attached hydrogens (primary N) is 1. The van der Waals surface area contributed by atoms with E-state index < -0.39 is 5.97 Å². The first-order valence-corrected chi connectivity index (χ1v) is 7.03. The molecule has 1 aliphatic heterocycles. The zero-order valence-electron chi connectivity index (χ0n) is 11.4. The Balaban J connectivity index is 1.82. The molecule has 0 atom stereocenters. The summed E-state index contributed by atoms with van der Waals surface area (Å²) >= 11 is 5.89. The van der Waals surface area contributed by atoms with Gasteiger partial charge in [0.25, 0.3) is 5.91 Å². The van der Waals surface area contributed by atoms with E-state index in [0.29, 0.717) is 18.9 Å². The molecule has 1 fully saturated rings. The molecule has 1 aliphatic rings. The normalized spacial score (nSPS) is 15.5. The summed E-state index contributed by atoms with van der Waals surface area (Å²) in [5.41, 5.74) is 6.14. The molecule has 1 aromatic rings. The highest BCUT2D eigenvalue weighted by Crippen LogP contribution is 2.19. The number of benzene rings is 1. The van der Waals surface area contributed by atoms with Crippen molar-refractivity contribution in [2.45, 2.75) is 18.9 Å². The smallest absolute Gasteiger partial charge is 0.340 e. The maximum atomic E-state index is 11.9. The first kappa shape index (κ1) is 15.6. The zero-order valence-corrected chi connectivity index (χ0v) is 12.2. The predicted molar refractivity (Wildman–Crippen MR) is 78.1 cm³/mol. The third kappa shape index (κ3) is 4.61. The van der Waals surface area contributed by atoms with E-state index in [1.807, 2.05) is 0 Å². The average Bonchev–Trinajstić information content (AvgIpc) is 2.48. The van der Waals surface area contributed by atoms with E-state index in [2.05, 4.69) is 5.32 Å². The van der Waals surface area contributed by atoms with Gasteiger partial charge in [-0.1, -0.05) is 11.6 Å². The Hall–Kier alpha value is -1.79. The highest BCUT2D eigenvalue weighted by atomic mass is 35.5. The Morgan fingerprint density at radius 3 is 2.81 bits per heavy atom. The van der Waals surface area contributed by atoms with Crippen molar-refractivity contribution in [3.63, 3.8) is 0 Å². The van der Waals surface area contributed by atoms with Crippen LogP contribution in [0.1, 0.15) is 23.2 Å². The molecule has 7 heteroatoms. The van der Waals surface area contributed by atoms with Crippen molar-refractivity contribution in [3.8, 4) is 0 Å². The largest absolute Gasteiger partial charge is 0.452 e. The van der Waals surface area contributed by atoms with E-state index in [4.69, 9.17) is 26.8 Å². The minimum absolute atomic E-state index is 0.0703. The lowest BCUT2D eigenvalue weighted by molar-refractivity contribution is -0.125. The Labute approximate surface area is 127 Å². The molecule has 0 radical (unpaired) electrons. The molecule has 1 heterocycles. The molecule has 21 heavy (non-hydrogen) atoms. The van der Waals surface area contributed by atoms with Gasteiger partial charge in [0.2, 0.25) is 0 Å². The van der Waals surface area contributed by atoms with Crippen molar-refractivity contribution < 1.29 is 19.1 Å². The van der Waals surface area contributed by atoms with Crippen molar-refractivity contribution in [3.05, 3.63) is 28.8 Å². The number of carbonyl (C=O) groups is 2. The number of nitrogens with one attached hydrogen (secondary N) is 1. The average molecular weight is 313 g/mol. The molecule has 1 saturated heterocycles. The van der Waals surface area contributed by atoms with Crippen molar-refractivity contribution in [2.75, 3.05) is 25.6 Å². The lowest BCUT2D eigenvalue weighted by atomic mass is 10.1. The van der Waals surface area contributed by atoms with Gasteiger partial charge in [0, 0.05) is 24.9 Å². The second-order valence-electron chi connectivity index (χ2n) is 4.77. The first-order valence-electron chi connectivity index (χ1n) is 6.65. The number of amides is 1. The van der Waals surface area contributed by atoms with Crippen LogP contribution in [0.25, 0.3) is 0 Å². The van der Waals surface area contributed by atoms with Gasteiger partial charge in [0.15, 0.2) is 6.61 Å². The summed E-state index contributed by atoms with van der Waals surface area (Å²) in [6.07, 6.45) is 1.53. The first-order chi connectivity index (χ1) is 10.1. The molecule has 1 amide bonds. The van der Waals surface area contributed by atoms with Crippen LogP contribution in [-0.2, 0) is 14.3 Å². The van der Waals surface area contributed by atoms with Crippen LogP contribution < -0.4 is 11.1 Å². The lowest BCUT2D eigenvalue weighted by Crippen LogP contribution is -2.41. The summed E-state index contributed by atoms with van der Waals surface area (Å²) < 4.78 is 10.1. The minimum Gasteiger partial charge on any atom is -0.452 e. The van der Waals surface area contributed by atoms with Crippen LogP contribution in [0.3, 0.4) is 0 Å². The number of rotatable bonds is 4. The molecule has 0 saturated carbocycles. The molecule has 2 rings (SSSR count). The second-order valence-corrected chi connectivity index (χ2v) is 5.18. The Bertz CT molecular complexity index is 530. The molecule has 114 valence electrons. The summed E-state index contributed by atoms with van der Waals surface area (Å²) in [6, 6.07) is 4.58. The topological polar surface area (TPSA) is 90.7 Å². The molecule has 1 aromatic carbocycles. The predicted octanol–water partition coefficient (Wildman–Crippen LogP) is 1.37. The maximum Gasteiger partial charge on any atom is 0.340 e. The van der Waals surface area contributed by atoms with Gasteiger partial charge in [-0.15, -0.1) is 0 Å². The summed E-state index contributed by atoms with van der Waals surface area (Å²) in [5.74, 6) is -1.01. The Kier molecular flexibility index (Phi) is 5.41. The fourth-order valence-corrected chi connectivity index (χ4v) is 2.21. The quantitative estimate of drug-likeness (QED) is 0.647. The van der Waals surface area contributed by atoms with Crippen molar-refractivity contribution >= 4 is 29.2 Å². The summed E-state index contributed by atoms with van der Waals surface area (Å²) in [5, 5.41) is 3.03. The number of anilines is 1. The van der Waals surface area contributed by atoms with E-state index in [1.165, 1.54) is 12.1 Å². The summed E-state index contributed by atoms with van der Waals surface area (Å²) in [6.45, 7) is 0.911. The Morgan fingerprint density at radius 1 is 1.38 bits per heavy atom. The monoisotopic (exact) mass is 312 g/mol. The van der Waals surface area contributed by atoms with E-state index in [9.17, 15) is 9.59 Å². The highest BCUT2D eigenvalue weighted by molar-refractivity contribution is 6.33. The molecule has 3 N–H and O–H groups in total. The van der Waals surface area contributed by atoms with Gasteiger partial charge in [0.05, 0.1) is 10.6 Å². The van der Waals surface area contributed by atoms with Gasteiger partial charge in [0.1, 0.15) is 0 Å². The van der Waals surface area contributed by atoms with Crippen molar-refractivity contribution in [1.82, 2.24) is 5.32 Å². The van der Waals surface area contributed by atoms with Crippen LogP contribution in [0, 0.1) is 0 Å². The molecule has 0 aromatic heterocycles. The van der Waals surface area contributed by atoms with Gasteiger partial charge >= 0.3 is 5.97 Å². The Morgan fingerprint density at radius 2 is 2.10 bits per heavy atom. The van der Waals surface area contributed by atoms with E-state index in [0.717, 1.165) is 12.8 Å². The third-order valence-corrected chi connectivity index (χ3v) is 3.46. The second kappa shape index (κ2) is 7.28. The SMILES string of the molecule is Nc1ccc(Cl)c(C(=O)OCC(=O)NC2CCOCC2)c1. The van der Waals surface area contributed by atoms with E-state index in [1.54, 1.807) is 6.07 Å². The van der Waals surface area contributed by atoms with Crippen molar-refractivity contribution in [1.29, 1.82) is 0 Å². The number of carbonyl (C=O) groups excluding carboxylic acids is 2. The molecule has 0 unspecified atom stereocenters. The van der Waals surface area contributed by atoms with Crippen LogP contribution >= 0.6 is 11.6 Å². The minimum atomic E-state index is -0.672. The van der Waals surface area contributed by atoms with Crippen LogP contribution in [0.5, 0.6) is 0 Å². The third-order valence-electron chi connectivity index (χ3n) is 3.13. The molecule has 0 bridgehead atoms. The number of ether oxygens (including phenoxy) is 2. The van der Waals surface area contributed by atoms with Gasteiger partial charge < -0.3 is 20.5 Å². The van der Waals surface area contributed by atoms with Gasteiger partial charge in [-0.25, -0.2) is 4.79 Å². The maximum absolute atomic E-state index is 11.9. The number of halogens is 1. The molecular weight excluding hydrogens is 296 g/mol.